The zero-order valence-electron chi connectivity index (χ0n) is 17.5. The largest absolute Gasteiger partial charge is 0.462 e. The summed E-state index contributed by atoms with van der Waals surface area (Å²) in [5.41, 5.74) is -3.53. The number of aliphatic hydroxyl groups is 4. The van der Waals surface area contributed by atoms with Gasteiger partial charge in [-0.3, -0.25) is 9.59 Å². The van der Waals surface area contributed by atoms with E-state index in [2.05, 4.69) is 6.58 Å². The van der Waals surface area contributed by atoms with Gasteiger partial charge in [0.05, 0.1) is 11.5 Å². The first-order valence-electron chi connectivity index (χ1n) is 10.7. The Morgan fingerprint density at radius 2 is 1.83 bits per heavy atom. The number of aliphatic hydroxyl groups excluding tert-OH is 3. The van der Waals surface area contributed by atoms with E-state index in [0.717, 1.165) is 0 Å². The number of fused-ring (bicyclic) bond motifs is 2. The van der Waals surface area contributed by atoms with Crippen LogP contribution in [-0.4, -0.2) is 62.6 Å². The van der Waals surface area contributed by atoms with Crippen molar-refractivity contribution >= 4 is 11.8 Å². The van der Waals surface area contributed by atoms with Crippen LogP contribution in [0.25, 0.3) is 0 Å². The third-order valence-electron chi connectivity index (χ3n) is 9.21. The Labute approximate surface area is 174 Å². The molecule has 6 fully saturated rings. The van der Waals surface area contributed by atoms with Gasteiger partial charge in [-0.15, -0.1) is 0 Å². The van der Waals surface area contributed by atoms with Crippen molar-refractivity contribution in [3.63, 3.8) is 0 Å². The maximum absolute atomic E-state index is 13.6. The second kappa shape index (κ2) is 5.72. The molecule has 6 aliphatic rings. The van der Waals surface area contributed by atoms with Crippen LogP contribution >= 0.6 is 0 Å². The summed E-state index contributed by atoms with van der Waals surface area (Å²) in [7, 11) is 0. The molecule has 10 atom stereocenters. The molecule has 4 N–H and O–H groups in total. The van der Waals surface area contributed by atoms with Gasteiger partial charge in [0.1, 0.15) is 17.6 Å². The lowest BCUT2D eigenvalue weighted by Gasteiger charge is -2.75. The Kier molecular flexibility index (Phi) is 3.92. The van der Waals surface area contributed by atoms with Crippen molar-refractivity contribution in [3.8, 4) is 0 Å². The van der Waals surface area contributed by atoms with Gasteiger partial charge in [0.25, 0.3) is 0 Å². The monoisotopic (exact) mass is 422 g/mol. The minimum absolute atomic E-state index is 0.211. The fraction of sp³-hybridized carbons (Fsp3) is 0.818. The highest BCUT2D eigenvalue weighted by atomic mass is 16.7. The molecule has 2 heterocycles. The highest BCUT2D eigenvalue weighted by Crippen LogP contribution is 2.77. The number of ketones is 1. The quantitative estimate of drug-likeness (QED) is 0.349. The van der Waals surface area contributed by atoms with Crippen molar-refractivity contribution in [1.29, 1.82) is 0 Å². The van der Waals surface area contributed by atoms with Crippen LogP contribution in [0.2, 0.25) is 0 Å². The smallest absolute Gasteiger partial charge is 0.302 e. The lowest BCUT2D eigenvalue weighted by Crippen LogP contribution is -2.87. The van der Waals surface area contributed by atoms with Gasteiger partial charge in [-0.1, -0.05) is 20.4 Å². The van der Waals surface area contributed by atoms with E-state index in [0.29, 0.717) is 25.7 Å². The number of ether oxygens (including phenoxy) is 2. The molecule has 6 rings (SSSR count). The molecule has 4 aliphatic carbocycles. The van der Waals surface area contributed by atoms with E-state index in [4.69, 9.17) is 9.47 Å². The Bertz CT molecular complexity index is 852. The van der Waals surface area contributed by atoms with Crippen LogP contribution in [-0.2, 0) is 19.1 Å². The summed E-state index contributed by atoms with van der Waals surface area (Å²) >= 11 is 0. The average molecular weight is 422 g/mol. The molecule has 8 nitrogen and oxygen atoms in total. The normalized spacial score (nSPS) is 55.8. The number of esters is 1. The Hall–Kier alpha value is -1.32. The van der Waals surface area contributed by atoms with Crippen LogP contribution in [0.3, 0.4) is 0 Å². The number of carbonyl (C=O) groups excluding carboxylic acids is 2. The third-order valence-corrected chi connectivity index (χ3v) is 9.21. The molecule has 1 unspecified atom stereocenters. The van der Waals surface area contributed by atoms with E-state index >= 15 is 0 Å². The number of rotatable bonds is 1. The topological polar surface area (TPSA) is 134 Å². The molecule has 4 bridgehead atoms. The van der Waals surface area contributed by atoms with Crippen LogP contribution in [0.4, 0.5) is 0 Å². The fourth-order valence-corrected chi connectivity index (χ4v) is 8.30. The summed E-state index contributed by atoms with van der Waals surface area (Å²) < 4.78 is 11.4. The van der Waals surface area contributed by atoms with E-state index < -0.39 is 76.1 Å². The average Bonchev–Trinajstić information content (AvgIpc) is 2.74. The maximum Gasteiger partial charge on any atom is 0.302 e. The van der Waals surface area contributed by atoms with Gasteiger partial charge in [0.2, 0.25) is 5.79 Å². The highest BCUT2D eigenvalue weighted by molar-refractivity contribution is 6.05. The molecule has 2 aliphatic heterocycles. The van der Waals surface area contributed by atoms with Crippen molar-refractivity contribution in [2.24, 2.45) is 34.0 Å². The van der Waals surface area contributed by atoms with E-state index in [-0.39, 0.29) is 5.57 Å². The molecule has 0 aromatic carbocycles. The van der Waals surface area contributed by atoms with E-state index in [1.54, 1.807) is 0 Å². The van der Waals surface area contributed by atoms with Crippen LogP contribution in [0.5, 0.6) is 0 Å². The fourth-order valence-electron chi connectivity index (χ4n) is 8.30. The van der Waals surface area contributed by atoms with Gasteiger partial charge in [-0.05, 0) is 42.6 Å². The highest BCUT2D eigenvalue weighted by Gasteiger charge is 2.89. The van der Waals surface area contributed by atoms with Crippen molar-refractivity contribution in [3.05, 3.63) is 12.2 Å². The van der Waals surface area contributed by atoms with Gasteiger partial charge in [0, 0.05) is 18.8 Å². The summed E-state index contributed by atoms with van der Waals surface area (Å²) in [5.74, 6) is -5.52. The SMILES string of the molecule is C=C1C(=O)[C@]23[C@H](O)[C@H]1CC[C@H]2[C@@]12C(O)O[C@]3(O)[C@@H](O)[C@@H]1C(C)(C)CC[C@@H]2OC(C)=O. The summed E-state index contributed by atoms with van der Waals surface area (Å²) in [5, 5.41) is 45.8. The predicted molar refractivity (Wildman–Crippen MR) is 101 cm³/mol. The molecule has 0 amide bonds. The minimum atomic E-state index is -2.46. The van der Waals surface area contributed by atoms with Crippen LogP contribution in [0.15, 0.2) is 12.2 Å². The third kappa shape index (κ3) is 1.84. The number of hydrogen-bond acceptors (Lipinski definition) is 8. The lowest BCUT2D eigenvalue weighted by atomic mass is 9.35. The van der Waals surface area contributed by atoms with Crippen molar-refractivity contribution < 1.29 is 39.5 Å². The van der Waals surface area contributed by atoms with Gasteiger partial charge in [-0.2, -0.15) is 0 Å². The van der Waals surface area contributed by atoms with E-state index in [1.807, 2.05) is 13.8 Å². The van der Waals surface area contributed by atoms with E-state index in [1.165, 1.54) is 6.92 Å². The summed E-state index contributed by atoms with van der Waals surface area (Å²) in [6.07, 6.45) is -3.39. The Balaban J connectivity index is 1.82. The van der Waals surface area contributed by atoms with Crippen molar-refractivity contribution in [2.75, 3.05) is 0 Å². The predicted octanol–water partition coefficient (Wildman–Crippen LogP) is 0.265. The summed E-state index contributed by atoms with van der Waals surface area (Å²) in [6.45, 7) is 9.02. The second-order valence-electron chi connectivity index (χ2n) is 10.6. The molecule has 0 aromatic heterocycles. The number of hydrogen-bond donors (Lipinski definition) is 4. The number of Topliss-reactive ketones (excluding diaryl/α,β-unsaturated/α-hetero) is 1. The molecule has 2 spiro atoms. The maximum atomic E-state index is 13.6. The first kappa shape index (κ1) is 20.6. The van der Waals surface area contributed by atoms with Gasteiger partial charge >= 0.3 is 5.97 Å². The molecule has 0 radical (unpaired) electrons. The minimum Gasteiger partial charge on any atom is -0.462 e. The summed E-state index contributed by atoms with van der Waals surface area (Å²) in [6, 6.07) is 0. The molecule has 8 heteroatoms. The molecule has 4 saturated carbocycles. The van der Waals surface area contributed by atoms with Gasteiger partial charge < -0.3 is 29.9 Å². The Morgan fingerprint density at radius 1 is 1.17 bits per heavy atom. The molecule has 0 aromatic rings. The summed E-state index contributed by atoms with van der Waals surface area (Å²) in [4.78, 5) is 25.5. The first-order valence-corrected chi connectivity index (χ1v) is 10.7. The van der Waals surface area contributed by atoms with Crippen LogP contribution in [0.1, 0.15) is 46.5 Å². The molecular weight excluding hydrogens is 392 g/mol. The second-order valence-corrected chi connectivity index (χ2v) is 10.6. The Morgan fingerprint density at radius 3 is 2.47 bits per heavy atom. The number of carbonyl (C=O) groups is 2. The molecular formula is C22H30O8. The molecule has 166 valence electrons. The van der Waals surface area contributed by atoms with Crippen molar-refractivity contribution in [1.82, 2.24) is 0 Å². The zero-order valence-corrected chi connectivity index (χ0v) is 17.5. The van der Waals surface area contributed by atoms with Gasteiger partial charge in [0.15, 0.2) is 12.1 Å². The van der Waals surface area contributed by atoms with E-state index in [9.17, 15) is 30.0 Å². The molecule has 30 heavy (non-hydrogen) atoms. The van der Waals surface area contributed by atoms with Crippen LogP contribution < -0.4 is 0 Å². The first-order chi connectivity index (χ1) is 13.9. The van der Waals surface area contributed by atoms with Crippen LogP contribution in [0, 0.1) is 34.0 Å². The standard InChI is InChI=1S/C22H30O8/c1-9-11-5-6-12-20-13(29-10(2)23)7-8-19(3,4)14(20)17(26)22(28,30-18(20)27)21(12,15(9)24)16(11)25/h11-14,16-18,25-28H,1,5-8H2,2-4H3/t11-,12-,13-,14+,16+,17-,18?,20-,21-,22+/m0/s1. The van der Waals surface area contributed by atoms with Crippen molar-refractivity contribution in [2.45, 2.75) is 76.8 Å². The molecule has 2 saturated heterocycles. The zero-order chi connectivity index (χ0) is 22.0. The van der Waals surface area contributed by atoms with Gasteiger partial charge in [-0.25, -0.2) is 0 Å². The lowest BCUT2D eigenvalue weighted by molar-refractivity contribution is -0.507.